The van der Waals surface area contributed by atoms with E-state index in [2.05, 4.69) is 5.32 Å². The zero-order valence-corrected chi connectivity index (χ0v) is 11.9. The average molecular weight is 303 g/mol. The van der Waals surface area contributed by atoms with Crippen molar-refractivity contribution in [3.63, 3.8) is 0 Å². The molecule has 21 heavy (non-hydrogen) atoms. The van der Waals surface area contributed by atoms with E-state index in [0.29, 0.717) is 30.7 Å². The number of hydrogen-bond acceptors (Lipinski definition) is 3. The fraction of sp³-hybridized carbons (Fsp3) is 0.600. The highest BCUT2D eigenvalue weighted by Crippen LogP contribution is 2.37. The quantitative estimate of drug-likeness (QED) is 0.893. The maximum Gasteiger partial charge on any atom is 0.391 e. The van der Waals surface area contributed by atoms with Crippen LogP contribution < -0.4 is 10.1 Å². The van der Waals surface area contributed by atoms with Gasteiger partial charge in [-0.15, -0.1) is 0 Å². The lowest BCUT2D eigenvalue weighted by Gasteiger charge is -2.30. The van der Waals surface area contributed by atoms with Crippen LogP contribution in [0.1, 0.15) is 31.2 Å². The molecule has 1 saturated carbocycles. The van der Waals surface area contributed by atoms with Crippen molar-refractivity contribution in [3.05, 3.63) is 23.8 Å². The first-order valence-electron chi connectivity index (χ1n) is 7.06. The number of phenols is 1. The van der Waals surface area contributed by atoms with E-state index in [1.807, 2.05) is 0 Å². The summed E-state index contributed by atoms with van der Waals surface area (Å²) in [5.74, 6) is -0.688. The van der Waals surface area contributed by atoms with Crippen molar-refractivity contribution in [3.8, 4) is 11.5 Å². The second-order valence-corrected chi connectivity index (χ2v) is 5.44. The molecule has 1 aromatic carbocycles. The number of para-hydroxylation sites is 1. The third-order valence-corrected chi connectivity index (χ3v) is 4.07. The molecule has 1 aliphatic rings. The predicted octanol–water partition coefficient (Wildman–Crippen LogP) is 3.61. The molecular weight excluding hydrogens is 283 g/mol. The highest BCUT2D eigenvalue weighted by molar-refractivity contribution is 5.45. The van der Waals surface area contributed by atoms with E-state index in [4.69, 9.17) is 4.74 Å². The monoisotopic (exact) mass is 303 g/mol. The lowest BCUT2D eigenvalue weighted by molar-refractivity contribution is -0.182. The number of alkyl halides is 3. The van der Waals surface area contributed by atoms with Crippen molar-refractivity contribution in [2.75, 3.05) is 7.11 Å². The van der Waals surface area contributed by atoms with Crippen molar-refractivity contribution in [2.24, 2.45) is 5.92 Å². The molecule has 1 aromatic rings. The number of benzene rings is 1. The number of phenolic OH excluding ortho intramolecular Hbond substituents is 1. The highest BCUT2D eigenvalue weighted by Gasteiger charge is 2.41. The number of methoxy groups -OCH3 is 1. The predicted molar refractivity (Wildman–Crippen MR) is 73.3 cm³/mol. The van der Waals surface area contributed by atoms with Crippen molar-refractivity contribution in [1.82, 2.24) is 5.32 Å². The Balaban J connectivity index is 1.85. The topological polar surface area (TPSA) is 41.5 Å². The molecule has 0 aliphatic heterocycles. The minimum atomic E-state index is -4.07. The Kier molecular flexibility index (Phi) is 4.98. The summed E-state index contributed by atoms with van der Waals surface area (Å²) < 4.78 is 42.8. The summed E-state index contributed by atoms with van der Waals surface area (Å²) in [7, 11) is 1.48. The molecule has 0 spiro atoms. The van der Waals surface area contributed by atoms with E-state index in [1.54, 1.807) is 18.2 Å². The largest absolute Gasteiger partial charge is 0.504 e. The molecule has 6 heteroatoms. The lowest BCUT2D eigenvalue weighted by atomic mass is 9.85. The van der Waals surface area contributed by atoms with Crippen LogP contribution in [0.25, 0.3) is 0 Å². The van der Waals surface area contributed by atoms with Gasteiger partial charge in [0.2, 0.25) is 0 Å². The Morgan fingerprint density at radius 2 is 1.90 bits per heavy atom. The number of aromatic hydroxyl groups is 1. The van der Waals surface area contributed by atoms with Crippen molar-refractivity contribution < 1.29 is 23.0 Å². The van der Waals surface area contributed by atoms with E-state index in [1.165, 1.54) is 7.11 Å². The van der Waals surface area contributed by atoms with Crippen LogP contribution in [0, 0.1) is 5.92 Å². The summed E-state index contributed by atoms with van der Waals surface area (Å²) in [6.45, 7) is 0.421. The fourth-order valence-electron chi connectivity index (χ4n) is 2.75. The van der Waals surface area contributed by atoms with Crippen LogP contribution >= 0.6 is 0 Å². The summed E-state index contributed by atoms with van der Waals surface area (Å²) >= 11 is 0. The van der Waals surface area contributed by atoms with Crippen molar-refractivity contribution >= 4 is 0 Å². The van der Waals surface area contributed by atoms with Gasteiger partial charge in [-0.3, -0.25) is 0 Å². The smallest absolute Gasteiger partial charge is 0.391 e. The average Bonchev–Trinajstić information content (AvgIpc) is 2.46. The Morgan fingerprint density at radius 1 is 1.24 bits per heavy atom. The van der Waals surface area contributed by atoms with E-state index in [9.17, 15) is 18.3 Å². The number of rotatable bonds is 4. The minimum Gasteiger partial charge on any atom is -0.504 e. The summed E-state index contributed by atoms with van der Waals surface area (Å²) in [4.78, 5) is 0. The summed E-state index contributed by atoms with van der Waals surface area (Å²) in [5, 5.41) is 13.2. The van der Waals surface area contributed by atoms with Crippen LogP contribution in [0.5, 0.6) is 11.5 Å². The Labute approximate surface area is 122 Å². The molecular formula is C15H20F3NO2. The second kappa shape index (κ2) is 6.56. The normalized spacial score (nSPS) is 23.0. The standard InChI is InChI=1S/C15H20F3NO2/c1-21-13-4-2-3-10(14(13)20)9-19-12-7-5-11(6-8-12)15(16,17)18/h2-4,11-12,19-20H,5-9H2,1H3. The van der Waals surface area contributed by atoms with Gasteiger partial charge < -0.3 is 15.2 Å². The molecule has 1 fully saturated rings. The Hall–Kier alpha value is -1.43. The van der Waals surface area contributed by atoms with Gasteiger partial charge >= 0.3 is 6.18 Å². The van der Waals surface area contributed by atoms with Crippen molar-refractivity contribution in [1.29, 1.82) is 0 Å². The minimum absolute atomic E-state index is 0.0641. The molecule has 1 aliphatic carbocycles. The van der Waals surface area contributed by atoms with Crippen LogP contribution in [-0.2, 0) is 6.54 Å². The van der Waals surface area contributed by atoms with Crippen LogP contribution in [0.4, 0.5) is 13.2 Å². The molecule has 0 amide bonds. The summed E-state index contributed by atoms with van der Waals surface area (Å²) in [6, 6.07) is 5.27. The van der Waals surface area contributed by atoms with Crippen LogP contribution in [0.15, 0.2) is 18.2 Å². The van der Waals surface area contributed by atoms with Gasteiger partial charge in [0.05, 0.1) is 13.0 Å². The zero-order chi connectivity index (χ0) is 15.5. The summed E-state index contributed by atoms with van der Waals surface area (Å²) in [6.07, 6.45) is -2.71. The first kappa shape index (κ1) is 15.9. The molecule has 118 valence electrons. The van der Waals surface area contributed by atoms with E-state index < -0.39 is 12.1 Å². The maximum atomic E-state index is 12.6. The molecule has 3 nitrogen and oxygen atoms in total. The maximum absolute atomic E-state index is 12.6. The zero-order valence-electron chi connectivity index (χ0n) is 11.9. The summed E-state index contributed by atoms with van der Waals surface area (Å²) in [5.41, 5.74) is 0.687. The van der Waals surface area contributed by atoms with Gasteiger partial charge in [-0.1, -0.05) is 12.1 Å². The van der Waals surface area contributed by atoms with Gasteiger partial charge in [-0.2, -0.15) is 13.2 Å². The molecule has 0 saturated heterocycles. The number of hydrogen-bond donors (Lipinski definition) is 2. The molecule has 0 unspecified atom stereocenters. The number of halogens is 3. The third kappa shape index (κ3) is 4.03. The molecule has 0 heterocycles. The molecule has 0 atom stereocenters. The molecule has 2 rings (SSSR count). The number of ether oxygens (including phenoxy) is 1. The third-order valence-electron chi connectivity index (χ3n) is 4.07. The van der Waals surface area contributed by atoms with Gasteiger partial charge in [-0.25, -0.2) is 0 Å². The highest BCUT2D eigenvalue weighted by atomic mass is 19.4. The lowest BCUT2D eigenvalue weighted by Crippen LogP contribution is -2.36. The molecule has 2 N–H and O–H groups in total. The molecule has 0 radical (unpaired) electrons. The van der Waals surface area contributed by atoms with Gasteiger partial charge in [-0.05, 0) is 31.7 Å². The first-order valence-corrected chi connectivity index (χ1v) is 7.06. The van der Waals surface area contributed by atoms with Crippen molar-refractivity contribution in [2.45, 2.75) is 44.4 Å². The van der Waals surface area contributed by atoms with Gasteiger partial charge in [0.1, 0.15) is 0 Å². The van der Waals surface area contributed by atoms with Crippen LogP contribution in [-0.4, -0.2) is 24.4 Å². The van der Waals surface area contributed by atoms with Crippen LogP contribution in [0.3, 0.4) is 0 Å². The van der Waals surface area contributed by atoms with E-state index >= 15 is 0 Å². The van der Waals surface area contributed by atoms with Crippen LogP contribution in [0.2, 0.25) is 0 Å². The van der Waals surface area contributed by atoms with Gasteiger partial charge in [0, 0.05) is 18.2 Å². The SMILES string of the molecule is COc1cccc(CNC2CCC(C(F)(F)F)CC2)c1O. The second-order valence-electron chi connectivity index (χ2n) is 5.44. The Morgan fingerprint density at radius 3 is 2.48 bits per heavy atom. The van der Waals surface area contributed by atoms with Gasteiger partial charge in [0.25, 0.3) is 0 Å². The van der Waals surface area contributed by atoms with Gasteiger partial charge in [0.15, 0.2) is 11.5 Å². The Bertz CT molecular complexity index is 468. The molecule has 0 aromatic heterocycles. The fourth-order valence-corrected chi connectivity index (χ4v) is 2.75. The van der Waals surface area contributed by atoms with E-state index in [0.717, 1.165) is 0 Å². The van der Waals surface area contributed by atoms with E-state index in [-0.39, 0.29) is 24.6 Å². The number of nitrogens with one attached hydrogen (secondary N) is 1. The molecule has 0 bridgehead atoms. The first-order chi connectivity index (χ1) is 9.91.